The molecule has 6 heteroatoms. The Hall–Kier alpha value is 0.400. The largest absolute Gasteiger partial charge is 0.405 e. The van der Waals surface area contributed by atoms with Crippen molar-refractivity contribution in [3.8, 4) is 0 Å². The van der Waals surface area contributed by atoms with Crippen molar-refractivity contribution in [2.75, 3.05) is 26.1 Å². The normalized spacial score (nSPS) is 22.1. The maximum absolute atomic E-state index is 11.7. The van der Waals surface area contributed by atoms with Gasteiger partial charge in [0.2, 0.25) is 0 Å². The summed E-state index contributed by atoms with van der Waals surface area (Å²) in [4.78, 5) is 9.58. The lowest BCUT2D eigenvalue weighted by Crippen LogP contribution is -2.20. The molecule has 0 aromatic carbocycles. The van der Waals surface area contributed by atoms with Crippen LogP contribution in [0.15, 0.2) is 0 Å². The molecule has 0 bridgehead atoms. The Labute approximate surface area is 96.1 Å². The van der Waals surface area contributed by atoms with E-state index in [-0.39, 0.29) is 0 Å². The fraction of sp³-hybridized carbons (Fsp3) is 1.00. The van der Waals surface area contributed by atoms with Gasteiger partial charge in [-0.05, 0) is 25.8 Å². The van der Waals surface area contributed by atoms with Crippen LogP contribution in [0.25, 0.3) is 0 Å². The average Bonchev–Trinajstić information content (AvgIpc) is 2.68. The summed E-state index contributed by atoms with van der Waals surface area (Å²) >= 11 is 5.50. The molecule has 0 aliphatic heterocycles. The van der Waals surface area contributed by atoms with Crippen molar-refractivity contribution in [3.05, 3.63) is 0 Å². The molecule has 1 aliphatic rings. The van der Waals surface area contributed by atoms with Gasteiger partial charge in [0.1, 0.15) is 0 Å². The third-order valence-electron chi connectivity index (χ3n) is 2.79. The van der Waals surface area contributed by atoms with Crippen LogP contribution in [-0.4, -0.2) is 35.6 Å². The lowest BCUT2D eigenvalue weighted by Gasteiger charge is -2.22. The molecule has 1 saturated carbocycles. The summed E-state index contributed by atoms with van der Waals surface area (Å²) in [6.45, 7) is 0.750. The standard InChI is InChI=1S/C9H19ClNO3P/c1-11(7-6-10)15(12,13)14-8-9-4-2-3-5-9/h9H,2-8H2,1H3,(H,12,13). The van der Waals surface area contributed by atoms with Crippen molar-refractivity contribution in [1.29, 1.82) is 0 Å². The molecule has 90 valence electrons. The highest BCUT2D eigenvalue weighted by atomic mass is 35.5. The van der Waals surface area contributed by atoms with Gasteiger partial charge in [-0.25, -0.2) is 9.24 Å². The SMILES string of the molecule is CN(CCCl)P(=O)(O)OCC1CCCC1. The van der Waals surface area contributed by atoms with Crippen LogP contribution in [0.2, 0.25) is 0 Å². The molecular formula is C9H19ClNO3P. The number of halogens is 1. The summed E-state index contributed by atoms with van der Waals surface area (Å²) in [5, 5.41) is 0. The molecule has 1 atom stereocenters. The summed E-state index contributed by atoms with van der Waals surface area (Å²) in [5.41, 5.74) is 0. The monoisotopic (exact) mass is 255 g/mol. The van der Waals surface area contributed by atoms with Crippen LogP contribution in [0, 0.1) is 5.92 Å². The van der Waals surface area contributed by atoms with Crippen LogP contribution in [-0.2, 0) is 9.09 Å². The fourth-order valence-corrected chi connectivity index (χ4v) is 3.05. The maximum atomic E-state index is 11.7. The molecule has 0 aromatic heterocycles. The highest BCUT2D eigenvalue weighted by molar-refractivity contribution is 7.50. The first kappa shape index (κ1) is 13.5. The van der Waals surface area contributed by atoms with Gasteiger partial charge in [-0.3, -0.25) is 4.52 Å². The zero-order chi connectivity index (χ0) is 11.3. The summed E-state index contributed by atoms with van der Waals surface area (Å²) < 4.78 is 18.1. The molecule has 0 aromatic rings. The van der Waals surface area contributed by atoms with E-state index in [0.29, 0.717) is 24.9 Å². The molecule has 0 amide bonds. The van der Waals surface area contributed by atoms with E-state index in [9.17, 15) is 9.46 Å². The molecule has 0 heterocycles. The molecule has 15 heavy (non-hydrogen) atoms. The van der Waals surface area contributed by atoms with Gasteiger partial charge in [0.05, 0.1) is 6.61 Å². The Morgan fingerprint density at radius 1 is 1.53 bits per heavy atom. The van der Waals surface area contributed by atoms with Crippen LogP contribution in [0.5, 0.6) is 0 Å². The van der Waals surface area contributed by atoms with Crippen molar-refractivity contribution in [1.82, 2.24) is 4.67 Å². The number of alkyl halides is 1. The van der Waals surface area contributed by atoms with Crippen molar-refractivity contribution in [3.63, 3.8) is 0 Å². The predicted octanol–water partition coefficient (Wildman–Crippen LogP) is 2.46. The quantitative estimate of drug-likeness (QED) is 0.585. The number of nitrogens with zero attached hydrogens (tertiary/aromatic N) is 1. The zero-order valence-corrected chi connectivity index (χ0v) is 10.7. The number of rotatable bonds is 6. The van der Waals surface area contributed by atoms with Crippen LogP contribution >= 0.6 is 19.3 Å². The molecule has 1 unspecified atom stereocenters. The second-order valence-corrected chi connectivity index (χ2v) is 6.31. The molecule has 4 nitrogen and oxygen atoms in total. The van der Waals surface area contributed by atoms with Gasteiger partial charge in [0.25, 0.3) is 0 Å². The highest BCUT2D eigenvalue weighted by Crippen LogP contribution is 2.46. The van der Waals surface area contributed by atoms with Gasteiger partial charge in [-0.2, -0.15) is 0 Å². The molecule has 0 radical (unpaired) electrons. The Bertz CT molecular complexity index is 233. The third kappa shape index (κ3) is 4.41. The van der Waals surface area contributed by atoms with Crippen LogP contribution in [0.3, 0.4) is 0 Å². The smallest absolute Gasteiger partial charge is 0.312 e. The summed E-state index contributed by atoms with van der Waals surface area (Å²) in [6.07, 6.45) is 4.64. The van der Waals surface area contributed by atoms with Crippen LogP contribution in [0.4, 0.5) is 0 Å². The first-order valence-corrected chi connectivity index (χ1v) is 7.37. The first-order valence-electron chi connectivity index (χ1n) is 5.31. The topological polar surface area (TPSA) is 49.8 Å². The van der Waals surface area contributed by atoms with Gasteiger partial charge in [0.15, 0.2) is 0 Å². The second kappa shape index (κ2) is 6.21. The molecular weight excluding hydrogens is 237 g/mol. The van der Waals surface area contributed by atoms with Gasteiger partial charge in [-0.15, -0.1) is 11.6 Å². The van der Waals surface area contributed by atoms with E-state index in [1.807, 2.05) is 0 Å². The van der Waals surface area contributed by atoms with Crippen LogP contribution in [0.1, 0.15) is 25.7 Å². The lowest BCUT2D eigenvalue weighted by molar-refractivity contribution is 0.184. The lowest BCUT2D eigenvalue weighted by atomic mass is 10.1. The van der Waals surface area contributed by atoms with E-state index >= 15 is 0 Å². The van der Waals surface area contributed by atoms with Gasteiger partial charge in [-0.1, -0.05) is 12.8 Å². The van der Waals surface area contributed by atoms with Crippen molar-refractivity contribution < 1.29 is 14.0 Å². The van der Waals surface area contributed by atoms with E-state index in [0.717, 1.165) is 12.8 Å². The molecule has 0 spiro atoms. The third-order valence-corrected chi connectivity index (χ3v) is 4.51. The predicted molar refractivity (Wildman–Crippen MR) is 61.1 cm³/mol. The Balaban J connectivity index is 2.31. The Morgan fingerprint density at radius 2 is 2.13 bits per heavy atom. The van der Waals surface area contributed by atoms with Crippen molar-refractivity contribution in [2.24, 2.45) is 5.92 Å². The molecule has 1 aliphatic carbocycles. The Morgan fingerprint density at radius 3 is 2.67 bits per heavy atom. The Kier molecular flexibility index (Phi) is 5.58. The van der Waals surface area contributed by atoms with Crippen LogP contribution < -0.4 is 0 Å². The van der Waals surface area contributed by atoms with Crippen molar-refractivity contribution in [2.45, 2.75) is 25.7 Å². The number of hydrogen-bond acceptors (Lipinski definition) is 2. The van der Waals surface area contributed by atoms with E-state index in [2.05, 4.69) is 0 Å². The summed E-state index contributed by atoms with van der Waals surface area (Å²) in [7, 11) is -2.05. The van der Waals surface area contributed by atoms with Crippen molar-refractivity contribution >= 4 is 19.3 Å². The number of hydrogen-bond donors (Lipinski definition) is 1. The minimum atomic E-state index is -3.60. The summed E-state index contributed by atoms with van der Waals surface area (Å²) in [6, 6.07) is 0. The summed E-state index contributed by atoms with van der Waals surface area (Å²) in [5.74, 6) is 0.781. The minimum Gasteiger partial charge on any atom is -0.312 e. The van der Waals surface area contributed by atoms with E-state index < -0.39 is 7.75 Å². The maximum Gasteiger partial charge on any atom is 0.405 e. The fourth-order valence-electron chi connectivity index (χ4n) is 1.73. The molecule has 1 N–H and O–H groups in total. The van der Waals surface area contributed by atoms with E-state index in [1.54, 1.807) is 7.05 Å². The molecule has 1 fully saturated rings. The minimum absolute atomic E-state index is 0.327. The molecule has 0 saturated heterocycles. The highest BCUT2D eigenvalue weighted by Gasteiger charge is 2.27. The van der Waals surface area contributed by atoms with Gasteiger partial charge in [0, 0.05) is 12.4 Å². The molecule has 1 rings (SSSR count). The first-order chi connectivity index (χ1) is 7.06. The average molecular weight is 256 g/mol. The van der Waals surface area contributed by atoms with Gasteiger partial charge >= 0.3 is 7.75 Å². The zero-order valence-electron chi connectivity index (χ0n) is 9.06. The van der Waals surface area contributed by atoms with E-state index in [4.69, 9.17) is 16.1 Å². The van der Waals surface area contributed by atoms with E-state index in [1.165, 1.54) is 17.5 Å². The second-order valence-electron chi connectivity index (χ2n) is 4.01. The van der Waals surface area contributed by atoms with Gasteiger partial charge < -0.3 is 4.89 Å².